The van der Waals surface area contributed by atoms with Crippen molar-refractivity contribution in [2.24, 2.45) is 0 Å². The van der Waals surface area contributed by atoms with E-state index in [0.29, 0.717) is 6.04 Å². The zero-order valence-electron chi connectivity index (χ0n) is 10.8. The number of hydrogen-bond acceptors (Lipinski definition) is 3. The molecule has 0 aliphatic carbocycles. The Balaban J connectivity index is 1.89. The summed E-state index contributed by atoms with van der Waals surface area (Å²) >= 11 is 0. The molecule has 18 heavy (non-hydrogen) atoms. The molecule has 1 aromatic heterocycles. The number of nitrogens with zero attached hydrogens (tertiary/aromatic N) is 2. The molecule has 2 heterocycles. The maximum absolute atomic E-state index is 4.37. The summed E-state index contributed by atoms with van der Waals surface area (Å²) in [6, 6.07) is 11.3. The van der Waals surface area contributed by atoms with Crippen LogP contribution in [0.15, 0.2) is 36.5 Å². The third kappa shape index (κ3) is 2.31. The number of fused-ring (bicyclic) bond motifs is 1. The van der Waals surface area contributed by atoms with Gasteiger partial charge in [-0.25, -0.2) is 0 Å². The predicted octanol–water partition coefficient (Wildman–Crippen LogP) is 2.42. The van der Waals surface area contributed by atoms with Crippen molar-refractivity contribution in [3.63, 3.8) is 0 Å². The van der Waals surface area contributed by atoms with E-state index in [2.05, 4.69) is 46.4 Å². The standard InChI is InChI=1S/C15H19N3/c1-12-6-9-18(10-8-16-12)14-4-5-15-13(11-14)3-2-7-17-15/h2-5,7,11-12,16H,6,8-10H2,1H3. The van der Waals surface area contributed by atoms with Gasteiger partial charge in [-0.1, -0.05) is 6.07 Å². The SMILES string of the molecule is CC1CCN(c2ccc3ncccc3c2)CCN1. The molecule has 0 amide bonds. The van der Waals surface area contributed by atoms with Crippen LogP contribution in [-0.4, -0.2) is 30.7 Å². The summed E-state index contributed by atoms with van der Waals surface area (Å²) < 4.78 is 0. The summed E-state index contributed by atoms with van der Waals surface area (Å²) in [5.74, 6) is 0. The van der Waals surface area contributed by atoms with Crippen molar-refractivity contribution in [1.82, 2.24) is 10.3 Å². The largest absolute Gasteiger partial charge is 0.370 e. The van der Waals surface area contributed by atoms with Crippen LogP contribution in [0.3, 0.4) is 0 Å². The van der Waals surface area contributed by atoms with Crippen molar-refractivity contribution >= 4 is 16.6 Å². The molecule has 1 atom stereocenters. The third-order valence-electron chi connectivity index (χ3n) is 3.66. The molecule has 1 saturated heterocycles. The molecule has 1 aliphatic rings. The first-order chi connectivity index (χ1) is 8.83. The Hall–Kier alpha value is -1.61. The number of anilines is 1. The lowest BCUT2D eigenvalue weighted by Gasteiger charge is -2.22. The van der Waals surface area contributed by atoms with Crippen LogP contribution in [-0.2, 0) is 0 Å². The lowest BCUT2D eigenvalue weighted by molar-refractivity contribution is 0.566. The van der Waals surface area contributed by atoms with Gasteiger partial charge in [-0.15, -0.1) is 0 Å². The van der Waals surface area contributed by atoms with Crippen molar-refractivity contribution in [2.75, 3.05) is 24.5 Å². The van der Waals surface area contributed by atoms with E-state index in [0.717, 1.165) is 25.2 Å². The summed E-state index contributed by atoms with van der Waals surface area (Å²) in [6.45, 7) is 5.52. The normalized spacial score (nSPS) is 20.9. The fourth-order valence-corrected chi connectivity index (χ4v) is 2.53. The first kappa shape index (κ1) is 11.5. The Kier molecular flexibility index (Phi) is 3.15. The number of aromatic nitrogens is 1. The molecule has 1 aromatic carbocycles. The van der Waals surface area contributed by atoms with Gasteiger partial charge in [0.25, 0.3) is 0 Å². The highest BCUT2D eigenvalue weighted by atomic mass is 15.2. The van der Waals surface area contributed by atoms with E-state index in [4.69, 9.17) is 0 Å². The molecule has 1 aliphatic heterocycles. The molecule has 94 valence electrons. The minimum Gasteiger partial charge on any atom is -0.370 e. The molecule has 0 spiro atoms. The summed E-state index contributed by atoms with van der Waals surface area (Å²) in [6.07, 6.45) is 3.05. The number of benzene rings is 1. The molecule has 1 fully saturated rings. The van der Waals surface area contributed by atoms with Crippen molar-refractivity contribution in [3.05, 3.63) is 36.5 Å². The Morgan fingerprint density at radius 1 is 1.28 bits per heavy atom. The highest BCUT2D eigenvalue weighted by molar-refractivity contribution is 5.82. The quantitative estimate of drug-likeness (QED) is 0.831. The molecular formula is C15H19N3. The van der Waals surface area contributed by atoms with Gasteiger partial charge in [0.15, 0.2) is 0 Å². The molecule has 1 N–H and O–H groups in total. The fourth-order valence-electron chi connectivity index (χ4n) is 2.53. The van der Waals surface area contributed by atoms with Crippen LogP contribution >= 0.6 is 0 Å². The Morgan fingerprint density at radius 3 is 3.17 bits per heavy atom. The van der Waals surface area contributed by atoms with Gasteiger partial charge in [0.2, 0.25) is 0 Å². The first-order valence-corrected chi connectivity index (χ1v) is 6.66. The van der Waals surface area contributed by atoms with Crippen molar-refractivity contribution < 1.29 is 0 Å². The average Bonchev–Trinajstić information content (AvgIpc) is 2.63. The minimum absolute atomic E-state index is 0.622. The molecule has 2 aromatic rings. The molecule has 0 radical (unpaired) electrons. The van der Waals surface area contributed by atoms with E-state index in [1.54, 1.807) is 0 Å². The Morgan fingerprint density at radius 2 is 2.22 bits per heavy atom. The smallest absolute Gasteiger partial charge is 0.0703 e. The maximum atomic E-state index is 4.37. The number of hydrogen-bond donors (Lipinski definition) is 1. The first-order valence-electron chi connectivity index (χ1n) is 6.66. The van der Waals surface area contributed by atoms with Gasteiger partial charge < -0.3 is 10.2 Å². The van der Waals surface area contributed by atoms with Gasteiger partial charge in [0.1, 0.15) is 0 Å². The van der Waals surface area contributed by atoms with Gasteiger partial charge in [0.05, 0.1) is 5.52 Å². The highest BCUT2D eigenvalue weighted by Gasteiger charge is 2.13. The molecule has 0 saturated carbocycles. The van der Waals surface area contributed by atoms with Crippen LogP contribution in [0.2, 0.25) is 0 Å². The van der Waals surface area contributed by atoms with Crippen LogP contribution in [0.1, 0.15) is 13.3 Å². The van der Waals surface area contributed by atoms with E-state index >= 15 is 0 Å². The van der Waals surface area contributed by atoms with Crippen molar-refractivity contribution in [1.29, 1.82) is 0 Å². The number of rotatable bonds is 1. The lowest BCUT2D eigenvalue weighted by Crippen LogP contribution is -2.28. The van der Waals surface area contributed by atoms with E-state index in [1.165, 1.54) is 17.5 Å². The monoisotopic (exact) mass is 241 g/mol. The van der Waals surface area contributed by atoms with Gasteiger partial charge in [-0.05, 0) is 37.6 Å². The summed E-state index contributed by atoms with van der Waals surface area (Å²) in [5, 5.41) is 4.75. The fraction of sp³-hybridized carbons (Fsp3) is 0.400. The number of nitrogens with one attached hydrogen (secondary N) is 1. The Labute approximate surface area is 108 Å². The molecule has 3 nitrogen and oxygen atoms in total. The second-order valence-corrected chi connectivity index (χ2v) is 5.01. The maximum Gasteiger partial charge on any atom is 0.0703 e. The predicted molar refractivity (Wildman–Crippen MR) is 76.0 cm³/mol. The van der Waals surface area contributed by atoms with E-state index < -0.39 is 0 Å². The molecular weight excluding hydrogens is 222 g/mol. The summed E-state index contributed by atoms with van der Waals surface area (Å²) in [5.41, 5.74) is 2.38. The zero-order valence-corrected chi connectivity index (χ0v) is 10.8. The van der Waals surface area contributed by atoms with Gasteiger partial charge in [-0.2, -0.15) is 0 Å². The lowest BCUT2D eigenvalue weighted by atomic mass is 10.1. The average molecular weight is 241 g/mol. The topological polar surface area (TPSA) is 28.2 Å². The van der Waals surface area contributed by atoms with Crippen LogP contribution in [0.25, 0.3) is 10.9 Å². The van der Waals surface area contributed by atoms with Gasteiger partial charge in [-0.3, -0.25) is 4.98 Å². The highest BCUT2D eigenvalue weighted by Crippen LogP contribution is 2.21. The van der Waals surface area contributed by atoms with Crippen LogP contribution < -0.4 is 10.2 Å². The van der Waals surface area contributed by atoms with E-state index in [9.17, 15) is 0 Å². The molecule has 1 unspecified atom stereocenters. The van der Waals surface area contributed by atoms with Crippen LogP contribution in [0, 0.1) is 0 Å². The van der Waals surface area contributed by atoms with Crippen LogP contribution in [0.4, 0.5) is 5.69 Å². The molecule has 3 heteroatoms. The molecule has 0 bridgehead atoms. The van der Waals surface area contributed by atoms with Crippen molar-refractivity contribution in [2.45, 2.75) is 19.4 Å². The van der Waals surface area contributed by atoms with Gasteiger partial charge in [0, 0.05) is 42.9 Å². The van der Waals surface area contributed by atoms with E-state index in [1.807, 2.05) is 12.3 Å². The third-order valence-corrected chi connectivity index (χ3v) is 3.66. The second kappa shape index (κ2) is 4.94. The summed E-state index contributed by atoms with van der Waals surface area (Å²) in [7, 11) is 0. The molecule has 3 rings (SSSR count). The minimum atomic E-state index is 0.622. The number of pyridine rings is 1. The van der Waals surface area contributed by atoms with Crippen LogP contribution in [0.5, 0.6) is 0 Å². The second-order valence-electron chi connectivity index (χ2n) is 5.01. The summed E-state index contributed by atoms with van der Waals surface area (Å²) in [4.78, 5) is 6.83. The zero-order chi connectivity index (χ0) is 12.4. The van der Waals surface area contributed by atoms with E-state index in [-0.39, 0.29) is 0 Å². The van der Waals surface area contributed by atoms with Gasteiger partial charge >= 0.3 is 0 Å². The Bertz CT molecular complexity index is 538. The van der Waals surface area contributed by atoms with Crippen molar-refractivity contribution in [3.8, 4) is 0 Å².